The van der Waals surface area contributed by atoms with Gasteiger partial charge in [0.1, 0.15) is 11.3 Å². The number of furan rings is 1. The van der Waals surface area contributed by atoms with Crippen LogP contribution in [0.25, 0.3) is 11.0 Å². The van der Waals surface area contributed by atoms with E-state index in [1.807, 2.05) is 24.3 Å². The Labute approximate surface area is 102 Å². The summed E-state index contributed by atoms with van der Waals surface area (Å²) in [6.45, 7) is 10.1. The average molecular weight is 229 g/mol. The van der Waals surface area contributed by atoms with E-state index in [-0.39, 0.29) is 12.1 Å². The molecule has 2 heteroatoms. The molecule has 2 aromatic rings. The highest BCUT2D eigenvalue weighted by Crippen LogP contribution is 2.29. The van der Waals surface area contributed by atoms with Crippen LogP contribution >= 0.6 is 0 Å². The summed E-state index contributed by atoms with van der Waals surface area (Å²) in [7, 11) is 0. The lowest BCUT2D eigenvalue weighted by Crippen LogP contribution is -2.27. The highest BCUT2D eigenvalue weighted by Gasteiger charge is 2.16. The topological polar surface area (TPSA) is 25.2 Å². The van der Waals surface area contributed by atoms with Gasteiger partial charge in [0.05, 0.1) is 6.04 Å². The van der Waals surface area contributed by atoms with Crippen molar-refractivity contribution in [2.45, 2.75) is 32.9 Å². The number of nitrogens with one attached hydrogen (secondary N) is 1. The van der Waals surface area contributed by atoms with Crippen molar-refractivity contribution in [1.82, 2.24) is 5.32 Å². The summed E-state index contributed by atoms with van der Waals surface area (Å²) >= 11 is 0. The third-order valence-corrected chi connectivity index (χ3v) is 3.14. The number of benzene rings is 1. The van der Waals surface area contributed by atoms with Crippen molar-refractivity contribution in [2.24, 2.45) is 0 Å². The molecule has 90 valence electrons. The molecule has 1 aromatic carbocycles. The van der Waals surface area contributed by atoms with Crippen molar-refractivity contribution >= 4 is 11.0 Å². The normalized spacial score (nSPS) is 14.8. The Hall–Kier alpha value is -1.54. The average Bonchev–Trinajstić information content (AvgIpc) is 2.67. The Balaban J connectivity index is 2.35. The van der Waals surface area contributed by atoms with Crippen LogP contribution < -0.4 is 5.32 Å². The van der Waals surface area contributed by atoms with Crippen LogP contribution in [0.4, 0.5) is 0 Å². The van der Waals surface area contributed by atoms with E-state index in [0.29, 0.717) is 0 Å². The third kappa shape index (κ3) is 2.27. The van der Waals surface area contributed by atoms with Crippen LogP contribution in [0.5, 0.6) is 0 Å². The lowest BCUT2D eigenvalue weighted by molar-refractivity contribution is 0.434. The molecule has 2 unspecified atom stereocenters. The summed E-state index contributed by atoms with van der Waals surface area (Å²) in [5, 5.41) is 4.63. The van der Waals surface area contributed by atoms with Crippen LogP contribution in [0.1, 0.15) is 31.2 Å². The van der Waals surface area contributed by atoms with Gasteiger partial charge >= 0.3 is 0 Å². The minimum atomic E-state index is 0.190. The molecule has 0 fully saturated rings. The van der Waals surface area contributed by atoms with Crippen molar-refractivity contribution in [3.8, 4) is 0 Å². The SMILES string of the molecule is C=CC(C)NC(C)c1oc2ccccc2c1C. The van der Waals surface area contributed by atoms with Crippen LogP contribution in [0.15, 0.2) is 41.3 Å². The zero-order valence-electron chi connectivity index (χ0n) is 10.7. The van der Waals surface area contributed by atoms with E-state index < -0.39 is 0 Å². The first-order valence-electron chi connectivity index (χ1n) is 6.00. The fourth-order valence-electron chi connectivity index (χ4n) is 2.14. The predicted molar refractivity (Wildman–Crippen MR) is 72.2 cm³/mol. The molecule has 0 aliphatic rings. The summed E-state index contributed by atoms with van der Waals surface area (Å²) in [4.78, 5) is 0. The summed E-state index contributed by atoms with van der Waals surface area (Å²) in [6.07, 6.45) is 1.90. The van der Waals surface area contributed by atoms with Gasteiger partial charge in [-0.15, -0.1) is 6.58 Å². The molecular formula is C15H19NO. The van der Waals surface area contributed by atoms with Gasteiger partial charge in [0.25, 0.3) is 0 Å². The van der Waals surface area contributed by atoms with Gasteiger partial charge in [-0.25, -0.2) is 0 Å². The second-order valence-corrected chi connectivity index (χ2v) is 4.50. The minimum Gasteiger partial charge on any atom is -0.459 e. The molecule has 2 nitrogen and oxygen atoms in total. The zero-order chi connectivity index (χ0) is 12.4. The molecule has 0 aliphatic carbocycles. The highest BCUT2D eigenvalue weighted by atomic mass is 16.3. The Morgan fingerprint density at radius 3 is 2.65 bits per heavy atom. The molecule has 0 amide bonds. The Kier molecular flexibility index (Phi) is 3.34. The third-order valence-electron chi connectivity index (χ3n) is 3.14. The van der Waals surface area contributed by atoms with E-state index in [1.165, 1.54) is 10.9 Å². The molecular weight excluding hydrogens is 210 g/mol. The lowest BCUT2D eigenvalue weighted by atomic mass is 10.1. The van der Waals surface area contributed by atoms with Crippen LogP contribution in [-0.4, -0.2) is 6.04 Å². The minimum absolute atomic E-state index is 0.190. The van der Waals surface area contributed by atoms with Crippen molar-refractivity contribution in [2.75, 3.05) is 0 Å². The highest BCUT2D eigenvalue weighted by molar-refractivity contribution is 5.82. The maximum Gasteiger partial charge on any atom is 0.134 e. The van der Waals surface area contributed by atoms with Crippen molar-refractivity contribution in [3.05, 3.63) is 48.2 Å². The molecule has 1 heterocycles. The molecule has 0 aliphatic heterocycles. The van der Waals surface area contributed by atoms with Crippen LogP contribution in [0.3, 0.4) is 0 Å². The first-order chi connectivity index (χ1) is 8.13. The molecule has 0 saturated carbocycles. The van der Waals surface area contributed by atoms with Gasteiger partial charge in [-0.1, -0.05) is 24.3 Å². The molecule has 2 rings (SSSR count). The second-order valence-electron chi connectivity index (χ2n) is 4.50. The van der Waals surface area contributed by atoms with Gasteiger partial charge in [-0.2, -0.15) is 0 Å². The van der Waals surface area contributed by atoms with E-state index in [2.05, 4.69) is 38.7 Å². The summed E-state index contributed by atoms with van der Waals surface area (Å²) in [5.41, 5.74) is 2.18. The van der Waals surface area contributed by atoms with Gasteiger partial charge < -0.3 is 9.73 Å². The maximum atomic E-state index is 5.91. The summed E-state index contributed by atoms with van der Waals surface area (Å²) in [6, 6.07) is 8.61. The van der Waals surface area contributed by atoms with Crippen LogP contribution in [0, 0.1) is 6.92 Å². The number of para-hydroxylation sites is 1. The molecule has 2 atom stereocenters. The molecule has 0 spiro atoms. The van der Waals surface area contributed by atoms with Gasteiger partial charge in [-0.05, 0) is 32.4 Å². The van der Waals surface area contributed by atoms with E-state index in [9.17, 15) is 0 Å². The monoisotopic (exact) mass is 229 g/mol. The Morgan fingerprint density at radius 2 is 2.00 bits per heavy atom. The molecule has 0 bridgehead atoms. The predicted octanol–water partition coefficient (Wildman–Crippen LogP) is 3.97. The Bertz CT molecular complexity index is 527. The van der Waals surface area contributed by atoms with Crippen molar-refractivity contribution in [3.63, 3.8) is 0 Å². The zero-order valence-corrected chi connectivity index (χ0v) is 10.7. The Morgan fingerprint density at radius 1 is 1.29 bits per heavy atom. The van der Waals surface area contributed by atoms with E-state index in [4.69, 9.17) is 4.42 Å². The summed E-state index contributed by atoms with van der Waals surface area (Å²) < 4.78 is 5.91. The molecule has 1 aromatic heterocycles. The van der Waals surface area contributed by atoms with Crippen LogP contribution in [0.2, 0.25) is 0 Å². The fourth-order valence-corrected chi connectivity index (χ4v) is 2.14. The van der Waals surface area contributed by atoms with E-state index in [0.717, 1.165) is 11.3 Å². The quantitative estimate of drug-likeness (QED) is 0.803. The molecule has 17 heavy (non-hydrogen) atoms. The number of hydrogen-bond donors (Lipinski definition) is 1. The van der Waals surface area contributed by atoms with Crippen LogP contribution in [-0.2, 0) is 0 Å². The first kappa shape index (κ1) is 11.9. The standard InChI is InChI=1S/C15H19NO/c1-5-10(2)16-12(4)15-11(3)13-8-6-7-9-14(13)17-15/h5-10,12,16H,1H2,2-4H3. The number of fused-ring (bicyclic) bond motifs is 1. The number of aryl methyl sites for hydroxylation is 1. The van der Waals surface area contributed by atoms with Gasteiger partial charge in [0.15, 0.2) is 0 Å². The smallest absolute Gasteiger partial charge is 0.134 e. The van der Waals surface area contributed by atoms with E-state index in [1.54, 1.807) is 0 Å². The van der Waals surface area contributed by atoms with Gasteiger partial charge in [-0.3, -0.25) is 0 Å². The van der Waals surface area contributed by atoms with Crippen molar-refractivity contribution < 1.29 is 4.42 Å². The van der Waals surface area contributed by atoms with Gasteiger partial charge in [0, 0.05) is 11.4 Å². The molecule has 1 N–H and O–H groups in total. The first-order valence-corrected chi connectivity index (χ1v) is 6.00. The fraction of sp³-hybridized carbons (Fsp3) is 0.333. The maximum absolute atomic E-state index is 5.91. The largest absolute Gasteiger partial charge is 0.459 e. The molecule has 0 saturated heterocycles. The van der Waals surface area contributed by atoms with E-state index >= 15 is 0 Å². The number of rotatable bonds is 4. The molecule has 0 radical (unpaired) electrons. The number of hydrogen-bond acceptors (Lipinski definition) is 2. The van der Waals surface area contributed by atoms with Gasteiger partial charge in [0.2, 0.25) is 0 Å². The summed E-state index contributed by atoms with van der Waals surface area (Å²) in [5.74, 6) is 1.01. The lowest BCUT2D eigenvalue weighted by Gasteiger charge is -2.15. The second kappa shape index (κ2) is 4.76. The van der Waals surface area contributed by atoms with Crippen molar-refractivity contribution in [1.29, 1.82) is 0 Å².